The molecule has 4 heteroatoms. The summed E-state index contributed by atoms with van der Waals surface area (Å²) in [6.45, 7) is 7.27. The number of halogens is 1. The Balaban J connectivity index is 2.64. The zero-order chi connectivity index (χ0) is 13.5. The summed E-state index contributed by atoms with van der Waals surface area (Å²) in [5.74, 6) is -1.17. The topological polar surface area (TPSA) is 40.5 Å². The predicted octanol–water partition coefficient (Wildman–Crippen LogP) is 3.05. The highest BCUT2D eigenvalue weighted by molar-refractivity contribution is 6.30. The summed E-state index contributed by atoms with van der Waals surface area (Å²) in [7, 11) is 0. The summed E-state index contributed by atoms with van der Waals surface area (Å²) in [6, 6.07) is 7.57. The smallest absolute Gasteiger partial charge is 0.307 e. The average Bonchev–Trinajstić information content (AvgIpc) is 2.32. The molecule has 0 aliphatic rings. The van der Waals surface area contributed by atoms with Gasteiger partial charge in [-0.15, -0.1) is 6.58 Å². The van der Waals surface area contributed by atoms with E-state index in [0.29, 0.717) is 24.7 Å². The Hall–Kier alpha value is -1.32. The number of hydrogen-bond acceptors (Lipinski definition) is 2. The zero-order valence-electron chi connectivity index (χ0n) is 10.5. The molecule has 18 heavy (non-hydrogen) atoms. The predicted molar refractivity (Wildman–Crippen MR) is 73.7 cm³/mol. The van der Waals surface area contributed by atoms with Gasteiger partial charge in [-0.1, -0.05) is 36.7 Å². The van der Waals surface area contributed by atoms with E-state index in [1.807, 2.05) is 24.3 Å². The van der Waals surface area contributed by atoms with Crippen LogP contribution in [0.4, 0.5) is 0 Å². The third-order valence-corrected chi connectivity index (χ3v) is 2.91. The molecule has 0 radical (unpaired) electrons. The Kier molecular flexibility index (Phi) is 5.89. The number of rotatable bonds is 7. The second-order valence-corrected chi connectivity index (χ2v) is 4.78. The molecular weight excluding hydrogens is 250 g/mol. The molecule has 1 unspecified atom stereocenters. The number of benzene rings is 1. The minimum absolute atomic E-state index is 0.391. The lowest BCUT2D eigenvalue weighted by atomic mass is 10.1. The van der Waals surface area contributed by atoms with Crippen molar-refractivity contribution in [2.45, 2.75) is 13.5 Å². The van der Waals surface area contributed by atoms with Gasteiger partial charge in [0.2, 0.25) is 0 Å². The monoisotopic (exact) mass is 267 g/mol. The molecule has 1 atom stereocenters. The Morgan fingerprint density at radius 2 is 2.11 bits per heavy atom. The van der Waals surface area contributed by atoms with Crippen molar-refractivity contribution >= 4 is 17.6 Å². The summed E-state index contributed by atoms with van der Waals surface area (Å²) in [6.07, 6.45) is 1.78. The van der Waals surface area contributed by atoms with Crippen LogP contribution in [0, 0.1) is 5.92 Å². The van der Waals surface area contributed by atoms with E-state index in [-0.39, 0.29) is 0 Å². The molecule has 1 rings (SSSR count). The van der Waals surface area contributed by atoms with Crippen molar-refractivity contribution in [1.29, 1.82) is 0 Å². The van der Waals surface area contributed by atoms with Gasteiger partial charge in [-0.2, -0.15) is 0 Å². The molecule has 0 heterocycles. The molecule has 0 aliphatic carbocycles. The van der Waals surface area contributed by atoms with Crippen LogP contribution in [0.3, 0.4) is 0 Å². The van der Waals surface area contributed by atoms with Crippen LogP contribution in [-0.2, 0) is 11.3 Å². The highest BCUT2D eigenvalue weighted by Crippen LogP contribution is 2.12. The first-order valence-corrected chi connectivity index (χ1v) is 6.21. The van der Waals surface area contributed by atoms with E-state index < -0.39 is 11.9 Å². The molecular formula is C14H18ClNO2. The maximum absolute atomic E-state index is 10.9. The summed E-state index contributed by atoms with van der Waals surface area (Å²) in [5.41, 5.74) is 1.11. The van der Waals surface area contributed by atoms with Crippen molar-refractivity contribution < 1.29 is 9.90 Å². The molecule has 0 spiro atoms. The Morgan fingerprint density at radius 1 is 1.50 bits per heavy atom. The lowest BCUT2D eigenvalue weighted by Gasteiger charge is -2.22. The van der Waals surface area contributed by atoms with Crippen LogP contribution in [-0.4, -0.2) is 29.1 Å². The lowest BCUT2D eigenvalue weighted by molar-refractivity contribution is -0.141. The second-order valence-electron chi connectivity index (χ2n) is 4.35. The van der Waals surface area contributed by atoms with Crippen molar-refractivity contribution in [2.75, 3.05) is 13.1 Å². The standard InChI is InChI=1S/C14H18ClNO2/c1-3-8-16(9-11(2)14(17)18)10-12-4-6-13(15)7-5-12/h3-7,11H,1,8-10H2,2H3,(H,17,18). The molecule has 1 aromatic carbocycles. The molecule has 0 saturated carbocycles. The van der Waals surface area contributed by atoms with E-state index in [1.165, 1.54) is 0 Å². The van der Waals surface area contributed by atoms with Gasteiger partial charge < -0.3 is 5.11 Å². The largest absolute Gasteiger partial charge is 0.481 e. The van der Waals surface area contributed by atoms with Gasteiger partial charge in [0.15, 0.2) is 0 Å². The van der Waals surface area contributed by atoms with Crippen LogP contribution >= 0.6 is 11.6 Å². The summed E-state index contributed by atoms with van der Waals surface area (Å²) >= 11 is 5.83. The van der Waals surface area contributed by atoms with E-state index >= 15 is 0 Å². The molecule has 0 aromatic heterocycles. The number of carboxylic acid groups (broad SMARTS) is 1. The van der Waals surface area contributed by atoms with Gasteiger partial charge in [-0.05, 0) is 17.7 Å². The number of nitrogens with zero attached hydrogens (tertiary/aromatic N) is 1. The number of carboxylic acids is 1. The second kappa shape index (κ2) is 7.19. The van der Waals surface area contributed by atoms with Crippen LogP contribution in [0.1, 0.15) is 12.5 Å². The fraction of sp³-hybridized carbons (Fsp3) is 0.357. The number of hydrogen-bond donors (Lipinski definition) is 1. The van der Waals surface area contributed by atoms with E-state index in [1.54, 1.807) is 13.0 Å². The molecule has 1 N–H and O–H groups in total. The minimum Gasteiger partial charge on any atom is -0.481 e. The fourth-order valence-electron chi connectivity index (χ4n) is 1.70. The summed E-state index contributed by atoms with van der Waals surface area (Å²) in [5, 5.41) is 9.63. The first-order chi connectivity index (χ1) is 8.52. The maximum Gasteiger partial charge on any atom is 0.307 e. The first kappa shape index (κ1) is 14.7. The van der Waals surface area contributed by atoms with E-state index in [9.17, 15) is 4.79 Å². The number of aliphatic carboxylic acids is 1. The number of carbonyl (C=O) groups is 1. The van der Waals surface area contributed by atoms with Gasteiger partial charge in [0.1, 0.15) is 0 Å². The van der Waals surface area contributed by atoms with Crippen LogP contribution < -0.4 is 0 Å². The molecule has 0 bridgehead atoms. The summed E-state index contributed by atoms with van der Waals surface area (Å²) < 4.78 is 0. The van der Waals surface area contributed by atoms with Crippen molar-refractivity contribution in [3.05, 3.63) is 47.5 Å². The molecule has 1 aromatic rings. The van der Waals surface area contributed by atoms with Crippen molar-refractivity contribution in [1.82, 2.24) is 4.90 Å². The van der Waals surface area contributed by atoms with E-state index in [2.05, 4.69) is 11.5 Å². The van der Waals surface area contributed by atoms with Crippen LogP contribution in [0.2, 0.25) is 5.02 Å². The Morgan fingerprint density at radius 3 is 2.61 bits per heavy atom. The molecule has 0 aliphatic heterocycles. The van der Waals surface area contributed by atoms with Crippen molar-refractivity contribution in [3.8, 4) is 0 Å². The van der Waals surface area contributed by atoms with Gasteiger partial charge in [-0.3, -0.25) is 9.69 Å². The SMILES string of the molecule is C=CCN(Cc1ccc(Cl)cc1)CC(C)C(=O)O. The van der Waals surface area contributed by atoms with Crippen molar-refractivity contribution in [2.24, 2.45) is 5.92 Å². The van der Waals surface area contributed by atoms with Crippen LogP contribution in [0.5, 0.6) is 0 Å². The normalized spacial score (nSPS) is 12.4. The van der Waals surface area contributed by atoms with Gasteiger partial charge in [0.05, 0.1) is 5.92 Å². The fourth-order valence-corrected chi connectivity index (χ4v) is 1.83. The Labute approximate surface area is 113 Å². The third kappa shape index (κ3) is 4.90. The van der Waals surface area contributed by atoms with Gasteiger partial charge >= 0.3 is 5.97 Å². The maximum atomic E-state index is 10.9. The average molecular weight is 268 g/mol. The molecule has 0 fully saturated rings. The van der Waals surface area contributed by atoms with Crippen molar-refractivity contribution in [3.63, 3.8) is 0 Å². The zero-order valence-corrected chi connectivity index (χ0v) is 11.2. The van der Waals surface area contributed by atoms with Gasteiger partial charge in [-0.25, -0.2) is 0 Å². The van der Waals surface area contributed by atoms with Crippen LogP contribution in [0.25, 0.3) is 0 Å². The third-order valence-electron chi connectivity index (χ3n) is 2.66. The lowest BCUT2D eigenvalue weighted by Crippen LogP contribution is -2.31. The van der Waals surface area contributed by atoms with Gasteiger partial charge in [0, 0.05) is 24.7 Å². The first-order valence-electron chi connectivity index (χ1n) is 5.83. The quantitative estimate of drug-likeness (QED) is 0.772. The molecule has 0 saturated heterocycles. The van der Waals surface area contributed by atoms with E-state index in [0.717, 1.165) is 5.56 Å². The Bertz CT molecular complexity index is 403. The minimum atomic E-state index is -0.778. The highest BCUT2D eigenvalue weighted by Gasteiger charge is 2.15. The van der Waals surface area contributed by atoms with Gasteiger partial charge in [0.25, 0.3) is 0 Å². The van der Waals surface area contributed by atoms with Crippen LogP contribution in [0.15, 0.2) is 36.9 Å². The summed E-state index contributed by atoms with van der Waals surface area (Å²) in [4.78, 5) is 12.9. The van der Waals surface area contributed by atoms with E-state index in [4.69, 9.17) is 16.7 Å². The molecule has 3 nitrogen and oxygen atoms in total. The highest BCUT2D eigenvalue weighted by atomic mass is 35.5. The molecule has 98 valence electrons. The molecule has 0 amide bonds.